The third-order valence-corrected chi connectivity index (χ3v) is 5.06. The minimum Gasteiger partial charge on any atom is -0.477 e. The average Bonchev–Trinajstić information content (AvgIpc) is 3.15. The molecular weight excluding hydrogens is 398 g/mol. The van der Waals surface area contributed by atoms with Gasteiger partial charge in [-0.1, -0.05) is 59.8 Å². The second kappa shape index (κ2) is 9.30. The minimum absolute atomic E-state index is 0.272. The van der Waals surface area contributed by atoms with Crippen LogP contribution in [0.15, 0.2) is 81.9 Å². The summed E-state index contributed by atoms with van der Waals surface area (Å²) in [6.07, 6.45) is 1.28. The molecule has 1 amide bonds. The molecule has 142 valence electrons. The highest BCUT2D eigenvalue weighted by molar-refractivity contribution is 7.98. The van der Waals surface area contributed by atoms with Crippen molar-refractivity contribution in [2.24, 2.45) is 0 Å². The van der Waals surface area contributed by atoms with Crippen molar-refractivity contribution in [3.8, 4) is 0 Å². The predicted molar refractivity (Wildman–Crippen MR) is 109 cm³/mol. The Balaban J connectivity index is 1.69. The molecule has 0 aliphatic heterocycles. The number of carbonyl (C=O) groups excluding carboxylic acids is 1. The van der Waals surface area contributed by atoms with Gasteiger partial charge < -0.3 is 14.8 Å². The molecule has 0 saturated heterocycles. The summed E-state index contributed by atoms with van der Waals surface area (Å²) >= 11 is 7.58. The van der Waals surface area contributed by atoms with Crippen LogP contribution in [-0.2, 0) is 10.5 Å². The third-order valence-electron chi connectivity index (χ3n) is 3.73. The molecule has 0 atom stereocenters. The van der Waals surface area contributed by atoms with Crippen LogP contribution >= 0.6 is 23.4 Å². The van der Waals surface area contributed by atoms with Crippen LogP contribution in [0.1, 0.15) is 21.7 Å². The number of rotatable bonds is 7. The van der Waals surface area contributed by atoms with E-state index < -0.39 is 11.9 Å². The largest absolute Gasteiger partial charge is 0.477 e. The first-order chi connectivity index (χ1) is 13.5. The van der Waals surface area contributed by atoms with Crippen molar-refractivity contribution in [3.05, 3.63) is 94.3 Å². The van der Waals surface area contributed by atoms with Gasteiger partial charge in [-0.15, -0.1) is 0 Å². The lowest BCUT2D eigenvalue weighted by Gasteiger charge is -2.05. The summed E-state index contributed by atoms with van der Waals surface area (Å²) in [5.41, 5.74) is 1.07. The van der Waals surface area contributed by atoms with Crippen molar-refractivity contribution in [3.63, 3.8) is 0 Å². The molecule has 0 aliphatic carbocycles. The molecule has 1 heterocycles. The molecule has 28 heavy (non-hydrogen) atoms. The van der Waals surface area contributed by atoms with E-state index >= 15 is 0 Å². The molecule has 3 rings (SSSR count). The minimum atomic E-state index is -1.26. The SMILES string of the molecule is O=C(O)C(=Cc1ccc(SCc2ccccc2Cl)o1)NC(=O)c1ccccc1. The Morgan fingerprint density at radius 3 is 2.46 bits per heavy atom. The maximum absolute atomic E-state index is 12.2. The smallest absolute Gasteiger partial charge is 0.352 e. The Morgan fingerprint density at radius 2 is 1.75 bits per heavy atom. The highest BCUT2D eigenvalue weighted by Gasteiger charge is 2.14. The first-order valence-corrected chi connectivity index (χ1v) is 9.67. The monoisotopic (exact) mass is 413 g/mol. The standard InChI is InChI=1S/C21H16ClNO4S/c22-17-9-5-4-8-15(17)13-28-19-11-10-16(27-19)12-18(21(25)26)23-20(24)14-6-2-1-3-7-14/h1-12H,13H2,(H,23,24)(H,25,26). The molecule has 0 saturated carbocycles. The van der Waals surface area contributed by atoms with Gasteiger partial charge in [0.2, 0.25) is 0 Å². The summed E-state index contributed by atoms with van der Waals surface area (Å²) in [5, 5.41) is 13.1. The highest BCUT2D eigenvalue weighted by atomic mass is 35.5. The van der Waals surface area contributed by atoms with Gasteiger partial charge in [-0.3, -0.25) is 4.79 Å². The molecule has 7 heteroatoms. The Labute approximate surface area is 171 Å². The molecule has 2 aromatic carbocycles. The normalized spacial score (nSPS) is 11.2. The fraction of sp³-hybridized carbons (Fsp3) is 0.0476. The number of nitrogens with one attached hydrogen (secondary N) is 1. The lowest BCUT2D eigenvalue weighted by Crippen LogP contribution is -2.27. The third kappa shape index (κ3) is 5.28. The first kappa shape index (κ1) is 19.8. The van der Waals surface area contributed by atoms with E-state index in [9.17, 15) is 14.7 Å². The van der Waals surface area contributed by atoms with Gasteiger partial charge in [-0.2, -0.15) is 0 Å². The Morgan fingerprint density at radius 1 is 1.04 bits per heavy atom. The summed E-state index contributed by atoms with van der Waals surface area (Å²) < 4.78 is 5.64. The average molecular weight is 414 g/mol. The summed E-state index contributed by atoms with van der Waals surface area (Å²) in [4.78, 5) is 23.7. The molecule has 0 spiro atoms. The van der Waals surface area contributed by atoms with Crippen molar-refractivity contribution >= 4 is 41.3 Å². The van der Waals surface area contributed by atoms with E-state index in [1.54, 1.807) is 42.5 Å². The number of carboxylic acid groups (broad SMARTS) is 1. The van der Waals surface area contributed by atoms with E-state index in [1.165, 1.54) is 17.8 Å². The molecule has 0 bridgehead atoms. The van der Waals surface area contributed by atoms with Crippen molar-refractivity contribution in [2.75, 3.05) is 0 Å². The van der Waals surface area contributed by atoms with Gasteiger partial charge in [0.15, 0.2) is 5.09 Å². The topological polar surface area (TPSA) is 79.5 Å². The molecule has 0 aliphatic rings. The molecule has 2 N–H and O–H groups in total. The van der Waals surface area contributed by atoms with Crippen molar-refractivity contribution in [1.29, 1.82) is 0 Å². The number of hydrogen-bond donors (Lipinski definition) is 2. The molecule has 1 aromatic heterocycles. The molecule has 3 aromatic rings. The van der Waals surface area contributed by atoms with Crippen LogP contribution in [0, 0.1) is 0 Å². The number of hydrogen-bond acceptors (Lipinski definition) is 4. The van der Waals surface area contributed by atoms with Gasteiger partial charge >= 0.3 is 5.97 Å². The lowest BCUT2D eigenvalue weighted by molar-refractivity contribution is -0.132. The quantitative estimate of drug-likeness (QED) is 0.417. The van der Waals surface area contributed by atoms with Gasteiger partial charge in [-0.05, 0) is 35.9 Å². The number of halogens is 1. The van der Waals surface area contributed by atoms with Crippen molar-refractivity contribution in [2.45, 2.75) is 10.8 Å². The number of amides is 1. The van der Waals surface area contributed by atoms with Crippen LogP contribution in [-0.4, -0.2) is 17.0 Å². The number of aliphatic carboxylic acids is 1. The first-order valence-electron chi connectivity index (χ1n) is 8.30. The van der Waals surface area contributed by atoms with Crippen molar-refractivity contribution in [1.82, 2.24) is 5.32 Å². The summed E-state index contributed by atoms with van der Waals surface area (Å²) in [5.74, 6) is -0.820. The fourth-order valence-corrected chi connectivity index (χ4v) is 3.48. The Bertz CT molecular complexity index is 1010. The Hall–Kier alpha value is -2.96. The van der Waals surface area contributed by atoms with Crippen LogP contribution < -0.4 is 5.32 Å². The number of thioether (sulfide) groups is 1. The van der Waals surface area contributed by atoms with Crippen LogP contribution in [0.5, 0.6) is 0 Å². The highest BCUT2D eigenvalue weighted by Crippen LogP contribution is 2.28. The van der Waals surface area contributed by atoms with Gasteiger partial charge in [0.05, 0.1) is 0 Å². The molecule has 0 radical (unpaired) electrons. The maximum Gasteiger partial charge on any atom is 0.352 e. The van der Waals surface area contributed by atoms with E-state index in [4.69, 9.17) is 16.0 Å². The van der Waals surface area contributed by atoms with E-state index in [1.807, 2.05) is 24.3 Å². The van der Waals surface area contributed by atoms with Gasteiger partial charge in [0.25, 0.3) is 5.91 Å². The lowest BCUT2D eigenvalue weighted by atomic mass is 10.2. The number of carboxylic acids is 1. The molecule has 0 unspecified atom stereocenters. The summed E-state index contributed by atoms with van der Waals surface area (Å²) in [6, 6.07) is 19.3. The van der Waals surface area contributed by atoms with Gasteiger partial charge in [0, 0.05) is 22.4 Å². The van der Waals surface area contributed by atoms with Crippen LogP contribution in [0.3, 0.4) is 0 Å². The molecular formula is C21H16ClNO4S. The predicted octanol–water partition coefficient (Wildman–Crippen LogP) is 5.08. The zero-order chi connectivity index (χ0) is 19.9. The molecule has 5 nitrogen and oxygen atoms in total. The maximum atomic E-state index is 12.2. The number of benzene rings is 2. The number of carbonyl (C=O) groups is 2. The zero-order valence-corrected chi connectivity index (χ0v) is 16.2. The van der Waals surface area contributed by atoms with E-state index in [-0.39, 0.29) is 5.70 Å². The van der Waals surface area contributed by atoms with E-state index in [2.05, 4.69) is 5.32 Å². The van der Waals surface area contributed by atoms with Crippen molar-refractivity contribution < 1.29 is 19.1 Å². The van der Waals surface area contributed by atoms with E-state index in [0.717, 1.165) is 5.56 Å². The van der Waals surface area contributed by atoms with Crippen LogP contribution in [0.4, 0.5) is 0 Å². The van der Waals surface area contributed by atoms with E-state index in [0.29, 0.717) is 27.2 Å². The number of furan rings is 1. The van der Waals surface area contributed by atoms with Crippen LogP contribution in [0.2, 0.25) is 5.02 Å². The van der Waals surface area contributed by atoms with Crippen LogP contribution in [0.25, 0.3) is 6.08 Å². The molecule has 0 fully saturated rings. The summed E-state index contributed by atoms with van der Waals surface area (Å²) in [6.45, 7) is 0. The van der Waals surface area contributed by atoms with Gasteiger partial charge in [0.1, 0.15) is 11.5 Å². The zero-order valence-electron chi connectivity index (χ0n) is 14.6. The second-order valence-corrected chi connectivity index (χ2v) is 7.11. The summed E-state index contributed by atoms with van der Waals surface area (Å²) in [7, 11) is 0. The second-order valence-electron chi connectivity index (χ2n) is 5.72. The van der Waals surface area contributed by atoms with Gasteiger partial charge in [-0.25, -0.2) is 4.79 Å². The fourth-order valence-electron chi connectivity index (χ4n) is 2.33. The Kier molecular flexibility index (Phi) is 6.57.